The Morgan fingerprint density at radius 2 is 2.14 bits per heavy atom. The highest BCUT2D eigenvalue weighted by Gasteiger charge is 2.51. The average Bonchev–Trinajstić information content (AvgIpc) is 2.81. The number of nitriles is 1. The molecular formula is C19H24FN3O3S2. The molecule has 0 radical (unpaired) electrons. The molecule has 1 aromatic carbocycles. The van der Waals surface area contributed by atoms with Crippen molar-refractivity contribution in [3.63, 3.8) is 0 Å². The molecule has 2 rings (SSSR count). The van der Waals surface area contributed by atoms with Crippen LogP contribution < -0.4 is 4.90 Å². The minimum atomic E-state index is -0.874. The van der Waals surface area contributed by atoms with Gasteiger partial charge < -0.3 is 4.74 Å². The summed E-state index contributed by atoms with van der Waals surface area (Å²) in [5.41, 5.74) is -1.18. The van der Waals surface area contributed by atoms with Crippen LogP contribution in [0, 0.1) is 17.1 Å². The van der Waals surface area contributed by atoms with Crippen molar-refractivity contribution in [1.29, 1.82) is 5.26 Å². The maximum absolute atomic E-state index is 14.6. The molecule has 28 heavy (non-hydrogen) atoms. The Morgan fingerprint density at radius 3 is 2.71 bits per heavy atom. The van der Waals surface area contributed by atoms with E-state index in [1.54, 1.807) is 33.1 Å². The predicted octanol–water partition coefficient (Wildman–Crippen LogP) is 3.40. The van der Waals surface area contributed by atoms with Gasteiger partial charge in [0.2, 0.25) is 5.91 Å². The van der Waals surface area contributed by atoms with Gasteiger partial charge in [-0.1, -0.05) is 0 Å². The van der Waals surface area contributed by atoms with Gasteiger partial charge in [0, 0.05) is 13.0 Å². The number of rotatable bonds is 7. The van der Waals surface area contributed by atoms with Crippen LogP contribution in [0.3, 0.4) is 0 Å². The SMILES string of the molecule is CCOC(=O)CCCN1C(S)N(c2ccc(C#N)c(F)c2SC)C(=O)C1(C)C. The van der Waals surface area contributed by atoms with E-state index in [0.717, 1.165) is 11.8 Å². The molecule has 6 nitrogen and oxygen atoms in total. The number of amides is 1. The normalized spacial score (nSPS) is 19.0. The number of esters is 1. The van der Waals surface area contributed by atoms with E-state index in [1.165, 1.54) is 11.0 Å². The summed E-state index contributed by atoms with van der Waals surface area (Å²) in [5, 5.41) is 9.06. The molecule has 0 aromatic heterocycles. The molecule has 0 spiro atoms. The number of nitrogens with zero attached hydrogens (tertiary/aromatic N) is 3. The Balaban J connectivity index is 2.31. The van der Waals surface area contributed by atoms with E-state index < -0.39 is 16.9 Å². The number of ether oxygens (including phenoxy) is 1. The molecular weight excluding hydrogens is 401 g/mol. The van der Waals surface area contributed by atoms with Crippen LogP contribution in [-0.4, -0.2) is 47.2 Å². The number of hydrogen-bond acceptors (Lipinski definition) is 7. The van der Waals surface area contributed by atoms with E-state index in [0.29, 0.717) is 25.3 Å². The molecule has 1 aliphatic heterocycles. The molecule has 0 saturated carbocycles. The summed E-state index contributed by atoms with van der Waals surface area (Å²) in [5.74, 6) is -1.14. The third kappa shape index (κ3) is 4.14. The Bertz CT molecular complexity index is 810. The summed E-state index contributed by atoms with van der Waals surface area (Å²) in [6.45, 7) is 6.10. The van der Waals surface area contributed by atoms with Crippen LogP contribution >= 0.6 is 24.4 Å². The minimum absolute atomic E-state index is 0.0685. The molecule has 1 heterocycles. The first-order chi connectivity index (χ1) is 13.2. The van der Waals surface area contributed by atoms with E-state index in [-0.39, 0.29) is 28.8 Å². The molecule has 0 N–H and O–H groups in total. The Kier molecular flexibility index (Phi) is 7.37. The summed E-state index contributed by atoms with van der Waals surface area (Å²) < 4.78 is 19.6. The standard InChI is InChI=1S/C19H24FN3O3S2/c1-5-26-14(24)7-6-10-22-18(27)23(17(25)19(22,2)3)13-9-8-12(11-21)15(20)16(13)28-4/h8-9,18,27H,5-7,10H2,1-4H3. The predicted molar refractivity (Wildman–Crippen MR) is 110 cm³/mol. The average molecular weight is 426 g/mol. The van der Waals surface area contributed by atoms with Crippen LogP contribution in [0.5, 0.6) is 0 Å². The first-order valence-corrected chi connectivity index (χ1v) is 10.7. The second-order valence-corrected chi connectivity index (χ2v) is 8.05. The number of halogens is 1. The Hall–Kier alpha value is -1.76. The van der Waals surface area contributed by atoms with Gasteiger partial charge in [-0.05, 0) is 45.6 Å². The van der Waals surface area contributed by atoms with Crippen LogP contribution in [0.25, 0.3) is 0 Å². The van der Waals surface area contributed by atoms with Gasteiger partial charge in [0.05, 0.1) is 28.3 Å². The smallest absolute Gasteiger partial charge is 0.305 e. The van der Waals surface area contributed by atoms with Crippen LogP contribution in [0.4, 0.5) is 10.1 Å². The summed E-state index contributed by atoms with van der Waals surface area (Å²) in [6.07, 6.45) is 2.45. The molecule has 9 heteroatoms. The van der Waals surface area contributed by atoms with Gasteiger partial charge in [0.25, 0.3) is 0 Å². The van der Waals surface area contributed by atoms with Crippen molar-refractivity contribution in [2.75, 3.05) is 24.3 Å². The molecule has 1 amide bonds. The van der Waals surface area contributed by atoms with Crippen molar-refractivity contribution < 1.29 is 18.7 Å². The number of anilines is 1. The zero-order valence-electron chi connectivity index (χ0n) is 16.4. The molecule has 1 aliphatic rings. The number of benzene rings is 1. The van der Waals surface area contributed by atoms with Crippen LogP contribution in [0.15, 0.2) is 17.0 Å². The number of thioether (sulfide) groups is 1. The Labute approximate surface area is 174 Å². The largest absolute Gasteiger partial charge is 0.466 e. The Morgan fingerprint density at radius 1 is 1.46 bits per heavy atom. The number of carbonyl (C=O) groups excluding carboxylic acids is 2. The molecule has 1 aromatic rings. The second kappa shape index (κ2) is 9.16. The van der Waals surface area contributed by atoms with Crippen molar-refractivity contribution in [3.8, 4) is 6.07 Å². The molecule has 1 atom stereocenters. The first kappa shape index (κ1) is 22.5. The third-order valence-electron chi connectivity index (χ3n) is 4.72. The van der Waals surface area contributed by atoms with Gasteiger partial charge in [-0.2, -0.15) is 5.26 Å². The van der Waals surface area contributed by atoms with E-state index in [4.69, 9.17) is 10.00 Å². The minimum Gasteiger partial charge on any atom is -0.466 e. The van der Waals surface area contributed by atoms with Crippen molar-refractivity contribution in [2.45, 2.75) is 49.5 Å². The van der Waals surface area contributed by atoms with Crippen LogP contribution in [-0.2, 0) is 14.3 Å². The van der Waals surface area contributed by atoms with Gasteiger partial charge in [-0.25, -0.2) is 4.39 Å². The number of carbonyl (C=O) groups is 2. The molecule has 0 bridgehead atoms. The molecule has 1 saturated heterocycles. The second-order valence-electron chi connectivity index (χ2n) is 6.77. The maximum atomic E-state index is 14.6. The van der Waals surface area contributed by atoms with E-state index in [2.05, 4.69) is 12.6 Å². The zero-order chi connectivity index (χ0) is 21.1. The summed E-state index contributed by atoms with van der Waals surface area (Å²) >= 11 is 5.76. The number of hydrogen-bond donors (Lipinski definition) is 1. The number of thiol groups is 1. The lowest BCUT2D eigenvalue weighted by Gasteiger charge is -2.31. The molecule has 0 aliphatic carbocycles. The van der Waals surface area contributed by atoms with Crippen LogP contribution in [0.2, 0.25) is 0 Å². The monoisotopic (exact) mass is 425 g/mol. The highest BCUT2D eigenvalue weighted by Crippen LogP contribution is 2.41. The lowest BCUT2D eigenvalue weighted by Crippen LogP contribution is -2.45. The third-order valence-corrected chi connectivity index (χ3v) is 6.02. The van der Waals surface area contributed by atoms with Crippen LogP contribution in [0.1, 0.15) is 39.2 Å². The fourth-order valence-electron chi connectivity index (χ4n) is 3.22. The molecule has 1 unspecified atom stereocenters. The highest BCUT2D eigenvalue weighted by atomic mass is 32.2. The van der Waals surface area contributed by atoms with Gasteiger partial charge in [-0.15, -0.1) is 24.4 Å². The lowest BCUT2D eigenvalue weighted by atomic mass is 10.0. The zero-order valence-corrected chi connectivity index (χ0v) is 18.1. The molecule has 152 valence electrons. The van der Waals surface area contributed by atoms with Crippen molar-refractivity contribution >= 4 is 42.0 Å². The van der Waals surface area contributed by atoms with Gasteiger partial charge in [0.15, 0.2) is 5.82 Å². The molecule has 1 fully saturated rings. The van der Waals surface area contributed by atoms with Gasteiger partial charge >= 0.3 is 5.97 Å². The van der Waals surface area contributed by atoms with Crippen molar-refractivity contribution in [1.82, 2.24) is 4.90 Å². The summed E-state index contributed by atoms with van der Waals surface area (Å²) in [7, 11) is 0. The summed E-state index contributed by atoms with van der Waals surface area (Å²) in [4.78, 5) is 28.3. The highest BCUT2D eigenvalue weighted by molar-refractivity contribution is 7.98. The summed E-state index contributed by atoms with van der Waals surface area (Å²) in [6, 6.07) is 4.76. The topological polar surface area (TPSA) is 73.6 Å². The van der Waals surface area contributed by atoms with E-state index in [1.807, 2.05) is 11.0 Å². The maximum Gasteiger partial charge on any atom is 0.305 e. The fourth-order valence-corrected chi connectivity index (χ4v) is 4.52. The fraction of sp³-hybridized carbons (Fsp3) is 0.526. The van der Waals surface area contributed by atoms with Crippen molar-refractivity contribution in [3.05, 3.63) is 23.5 Å². The van der Waals surface area contributed by atoms with Gasteiger partial charge in [0.1, 0.15) is 11.6 Å². The van der Waals surface area contributed by atoms with E-state index >= 15 is 0 Å². The lowest BCUT2D eigenvalue weighted by molar-refractivity contribution is -0.143. The van der Waals surface area contributed by atoms with E-state index in [9.17, 15) is 14.0 Å². The van der Waals surface area contributed by atoms with Gasteiger partial charge in [-0.3, -0.25) is 19.4 Å². The quantitative estimate of drug-likeness (QED) is 0.410. The van der Waals surface area contributed by atoms with Crippen molar-refractivity contribution in [2.24, 2.45) is 0 Å². The first-order valence-electron chi connectivity index (χ1n) is 8.91.